The van der Waals surface area contributed by atoms with Crippen molar-refractivity contribution in [3.8, 4) is 5.88 Å². The molecule has 2 aromatic rings. The van der Waals surface area contributed by atoms with Gasteiger partial charge in [0.05, 0.1) is 13.2 Å². The van der Waals surface area contributed by atoms with Crippen LogP contribution in [-0.2, 0) is 4.74 Å². The number of nitrogens with one attached hydrogen (secondary N) is 1. The van der Waals surface area contributed by atoms with Gasteiger partial charge in [-0.3, -0.25) is 4.79 Å². The number of carbonyl (C=O) groups excluding carboxylic acids is 2. The van der Waals surface area contributed by atoms with Crippen LogP contribution in [0.4, 0.5) is 9.18 Å². The smallest absolute Gasteiger partial charge is 0.410 e. The summed E-state index contributed by atoms with van der Waals surface area (Å²) in [6.45, 7) is 6.79. The van der Waals surface area contributed by atoms with Gasteiger partial charge in [0.25, 0.3) is 5.91 Å². The number of carbonyl (C=O) groups is 2. The second-order valence-corrected chi connectivity index (χ2v) is 9.31. The maximum atomic E-state index is 13.2. The molecule has 1 aromatic carbocycles. The number of halogens is 1. The molecule has 33 heavy (non-hydrogen) atoms. The van der Waals surface area contributed by atoms with Crippen molar-refractivity contribution in [1.29, 1.82) is 0 Å². The number of hydrogen-bond acceptors (Lipinski definition) is 5. The van der Waals surface area contributed by atoms with Gasteiger partial charge in [-0.2, -0.15) is 0 Å². The number of pyridine rings is 1. The molecular weight excluding hydrogens is 425 g/mol. The van der Waals surface area contributed by atoms with Crippen LogP contribution in [0.15, 0.2) is 42.6 Å². The van der Waals surface area contributed by atoms with E-state index in [2.05, 4.69) is 10.3 Å². The number of benzene rings is 1. The first-order valence-corrected chi connectivity index (χ1v) is 11.2. The van der Waals surface area contributed by atoms with Gasteiger partial charge in [-0.1, -0.05) is 6.07 Å². The Morgan fingerprint density at radius 3 is 2.36 bits per heavy atom. The lowest BCUT2D eigenvalue weighted by molar-refractivity contribution is 0.0178. The molecule has 0 bridgehead atoms. The molecule has 1 saturated heterocycles. The fourth-order valence-electron chi connectivity index (χ4n) is 3.85. The molecule has 178 valence electrons. The quantitative estimate of drug-likeness (QED) is 0.678. The standard InChI is InChI=1S/C25H32FN3O4/c1-25(2,3)33-24(31)29-13-11-17(12-14-29)15-21(19-7-10-22(32-4)27-16-19)28-23(30)18-5-8-20(26)9-6-18/h5-10,16-17,21H,11-15H2,1-4H3,(H,28,30)/t21-/m1/s1. The van der Waals surface area contributed by atoms with Crippen LogP contribution in [-0.4, -0.2) is 47.7 Å². The summed E-state index contributed by atoms with van der Waals surface area (Å²) in [5, 5.41) is 3.07. The predicted octanol–water partition coefficient (Wildman–Crippen LogP) is 4.74. The van der Waals surface area contributed by atoms with E-state index >= 15 is 0 Å². The number of aromatic nitrogens is 1. The molecule has 2 amide bonds. The van der Waals surface area contributed by atoms with E-state index in [1.807, 2.05) is 26.8 Å². The van der Waals surface area contributed by atoms with Gasteiger partial charge in [0.2, 0.25) is 5.88 Å². The molecule has 1 aromatic heterocycles. The first-order chi connectivity index (χ1) is 15.6. The number of amides is 2. The molecule has 0 saturated carbocycles. The molecular formula is C25H32FN3O4. The van der Waals surface area contributed by atoms with Crippen molar-refractivity contribution in [1.82, 2.24) is 15.2 Å². The van der Waals surface area contributed by atoms with Crippen molar-refractivity contribution < 1.29 is 23.5 Å². The largest absolute Gasteiger partial charge is 0.481 e. The summed E-state index contributed by atoms with van der Waals surface area (Å²) in [5.74, 6) is 0.138. The number of rotatable bonds is 6. The van der Waals surface area contributed by atoms with Gasteiger partial charge in [-0.25, -0.2) is 14.2 Å². The van der Waals surface area contributed by atoms with Crippen LogP contribution >= 0.6 is 0 Å². The molecule has 8 heteroatoms. The summed E-state index contributed by atoms with van der Waals surface area (Å²) in [7, 11) is 1.55. The Kier molecular flexibility index (Phi) is 7.89. The molecule has 1 aliphatic heterocycles. The molecule has 1 aliphatic rings. The van der Waals surface area contributed by atoms with Crippen LogP contribution < -0.4 is 10.1 Å². The lowest BCUT2D eigenvalue weighted by Crippen LogP contribution is -2.42. The van der Waals surface area contributed by atoms with E-state index in [1.165, 1.54) is 24.3 Å². The normalized spacial score (nSPS) is 15.6. The summed E-state index contributed by atoms with van der Waals surface area (Å²) in [6, 6.07) is 8.84. The first kappa shape index (κ1) is 24.5. The summed E-state index contributed by atoms with van der Waals surface area (Å²) < 4.78 is 23.9. The SMILES string of the molecule is COc1ccc([C@@H](CC2CCN(C(=O)OC(C)(C)C)CC2)NC(=O)c2ccc(F)cc2)cn1. The van der Waals surface area contributed by atoms with Gasteiger partial charge in [0.15, 0.2) is 0 Å². The average molecular weight is 458 g/mol. The maximum absolute atomic E-state index is 13.2. The van der Waals surface area contributed by atoms with Gasteiger partial charge in [-0.15, -0.1) is 0 Å². The highest BCUT2D eigenvalue weighted by Crippen LogP contribution is 2.30. The zero-order valence-corrected chi connectivity index (χ0v) is 19.6. The number of hydrogen-bond donors (Lipinski definition) is 1. The van der Waals surface area contributed by atoms with Crippen LogP contribution in [0.25, 0.3) is 0 Å². The van der Waals surface area contributed by atoms with E-state index < -0.39 is 5.60 Å². The molecule has 7 nitrogen and oxygen atoms in total. The van der Waals surface area contributed by atoms with Gasteiger partial charge >= 0.3 is 6.09 Å². The topological polar surface area (TPSA) is 80.8 Å². The van der Waals surface area contributed by atoms with Crippen LogP contribution in [0.3, 0.4) is 0 Å². The Labute approximate surface area is 194 Å². The summed E-state index contributed by atoms with van der Waals surface area (Å²) in [4.78, 5) is 31.2. The third-order valence-corrected chi connectivity index (χ3v) is 5.62. The second-order valence-electron chi connectivity index (χ2n) is 9.31. The second kappa shape index (κ2) is 10.6. The third-order valence-electron chi connectivity index (χ3n) is 5.62. The highest BCUT2D eigenvalue weighted by atomic mass is 19.1. The van der Waals surface area contributed by atoms with Gasteiger partial charge in [-0.05, 0) is 75.8 Å². The zero-order valence-electron chi connectivity index (χ0n) is 19.6. The molecule has 0 unspecified atom stereocenters. The molecule has 1 atom stereocenters. The lowest BCUT2D eigenvalue weighted by Gasteiger charge is -2.35. The first-order valence-electron chi connectivity index (χ1n) is 11.2. The van der Waals surface area contributed by atoms with Crippen molar-refractivity contribution in [2.75, 3.05) is 20.2 Å². The van der Waals surface area contributed by atoms with Crippen molar-refractivity contribution in [3.05, 3.63) is 59.5 Å². The Balaban J connectivity index is 1.67. The highest BCUT2D eigenvalue weighted by Gasteiger charge is 2.29. The maximum Gasteiger partial charge on any atom is 0.410 e. The van der Waals surface area contributed by atoms with E-state index in [0.717, 1.165) is 18.4 Å². The predicted molar refractivity (Wildman–Crippen MR) is 123 cm³/mol. The molecule has 0 aliphatic carbocycles. The van der Waals surface area contributed by atoms with Crippen LogP contribution in [0.1, 0.15) is 62.0 Å². The van der Waals surface area contributed by atoms with Gasteiger partial charge in [0, 0.05) is 30.9 Å². The molecule has 0 radical (unpaired) electrons. The minimum absolute atomic E-state index is 0.276. The molecule has 1 N–H and O–H groups in total. The van der Waals surface area contributed by atoms with E-state index in [-0.39, 0.29) is 23.9 Å². The Morgan fingerprint density at radius 1 is 1.15 bits per heavy atom. The lowest BCUT2D eigenvalue weighted by atomic mass is 9.88. The molecule has 0 spiro atoms. The number of nitrogens with zero attached hydrogens (tertiary/aromatic N) is 2. The third kappa shape index (κ3) is 7.17. The number of methoxy groups -OCH3 is 1. The van der Waals surface area contributed by atoms with E-state index in [4.69, 9.17) is 9.47 Å². The van der Waals surface area contributed by atoms with Crippen molar-refractivity contribution in [2.24, 2.45) is 5.92 Å². The monoisotopic (exact) mass is 457 g/mol. The van der Waals surface area contributed by atoms with Crippen LogP contribution in [0, 0.1) is 11.7 Å². The van der Waals surface area contributed by atoms with E-state index in [9.17, 15) is 14.0 Å². The van der Waals surface area contributed by atoms with Crippen molar-refractivity contribution >= 4 is 12.0 Å². The Morgan fingerprint density at radius 2 is 1.82 bits per heavy atom. The fourth-order valence-corrected chi connectivity index (χ4v) is 3.85. The summed E-state index contributed by atoms with van der Waals surface area (Å²) in [6.07, 6.45) is 3.73. The van der Waals surface area contributed by atoms with Crippen molar-refractivity contribution in [3.63, 3.8) is 0 Å². The minimum Gasteiger partial charge on any atom is -0.481 e. The Bertz CT molecular complexity index is 934. The molecule has 1 fully saturated rings. The number of likely N-dealkylation sites (tertiary alicyclic amines) is 1. The summed E-state index contributed by atoms with van der Waals surface area (Å²) >= 11 is 0. The van der Waals surface area contributed by atoms with Gasteiger partial charge < -0.3 is 19.7 Å². The minimum atomic E-state index is -0.523. The average Bonchev–Trinajstić information content (AvgIpc) is 2.78. The highest BCUT2D eigenvalue weighted by molar-refractivity contribution is 5.94. The van der Waals surface area contributed by atoms with Gasteiger partial charge in [0.1, 0.15) is 11.4 Å². The number of ether oxygens (including phenoxy) is 2. The zero-order chi connectivity index (χ0) is 24.0. The van der Waals surface area contributed by atoms with E-state index in [0.29, 0.717) is 36.9 Å². The fraction of sp³-hybridized carbons (Fsp3) is 0.480. The Hall–Kier alpha value is -3.16. The molecule has 2 heterocycles. The van der Waals surface area contributed by atoms with E-state index in [1.54, 1.807) is 24.3 Å². The van der Waals surface area contributed by atoms with Crippen LogP contribution in [0.2, 0.25) is 0 Å². The van der Waals surface area contributed by atoms with Crippen LogP contribution in [0.5, 0.6) is 5.88 Å². The molecule has 3 rings (SSSR count). The number of piperidine rings is 1. The summed E-state index contributed by atoms with van der Waals surface area (Å²) in [5.41, 5.74) is 0.730. The van der Waals surface area contributed by atoms with Crippen molar-refractivity contribution in [2.45, 2.75) is 51.7 Å².